The summed E-state index contributed by atoms with van der Waals surface area (Å²) in [5, 5.41) is 0.935. The second-order valence-corrected chi connectivity index (χ2v) is 8.35. The van der Waals surface area contributed by atoms with E-state index in [0.29, 0.717) is 28.9 Å². The highest BCUT2D eigenvalue weighted by Crippen LogP contribution is 2.30. The van der Waals surface area contributed by atoms with E-state index in [0.717, 1.165) is 13.1 Å². The Labute approximate surface area is 192 Å². The summed E-state index contributed by atoms with van der Waals surface area (Å²) < 4.78 is 5.62. The highest BCUT2D eigenvalue weighted by atomic mass is 35.5. The largest absolute Gasteiger partial charge is 0.482 e. The second kappa shape index (κ2) is 10.2. The number of carbonyl (C=O) groups is 1. The number of benzene rings is 3. The van der Waals surface area contributed by atoms with Crippen LogP contribution in [0.2, 0.25) is 10.0 Å². The van der Waals surface area contributed by atoms with Crippen molar-refractivity contribution in [2.24, 2.45) is 0 Å². The van der Waals surface area contributed by atoms with Crippen molar-refractivity contribution >= 4 is 29.1 Å². The number of hydrogen-bond donors (Lipinski definition) is 0. The van der Waals surface area contributed by atoms with E-state index < -0.39 is 0 Å². The Balaban J connectivity index is 1.39. The Morgan fingerprint density at radius 2 is 1.42 bits per heavy atom. The minimum atomic E-state index is -0.0401. The maximum atomic E-state index is 12.7. The Kier molecular flexibility index (Phi) is 7.13. The number of hydrogen-bond acceptors (Lipinski definition) is 3. The fraction of sp³-hybridized carbons (Fsp3) is 0.240. The van der Waals surface area contributed by atoms with Gasteiger partial charge in [0, 0.05) is 31.2 Å². The van der Waals surface area contributed by atoms with Crippen LogP contribution in [0.5, 0.6) is 5.75 Å². The molecule has 0 saturated carbocycles. The average Bonchev–Trinajstić information content (AvgIpc) is 2.80. The zero-order valence-electron chi connectivity index (χ0n) is 17.1. The molecule has 0 spiro atoms. The lowest BCUT2D eigenvalue weighted by atomic mass is 9.96. The summed E-state index contributed by atoms with van der Waals surface area (Å²) >= 11 is 12.0. The van der Waals surface area contributed by atoms with Gasteiger partial charge >= 0.3 is 0 Å². The van der Waals surface area contributed by atoms with Crippen LogP contribution in [0, 0.1) is 0 Å². The number of nitrogens with zero attached hydrogens (tertiary/aromatic N) is 2. The number of amides is 1. The lowest BCUT2D eigenvalue weighted by Crippen LogP contribution is -2.51. The van der Waals surface area contributed by atoms with Gasteiger partial charge in [-0.2, -0.15) is 0 Å². The number of ether oxygens (including phenoxy) is 1. The van der Waals surface area contributed by atoms with Crippen molar-refractivity contribution in [2.75, 3.05) is 32.8 Å². The lowest BCUT2D eigenvalue weighted by molar-refractivity contribution is -0.135. The zero-order chi connectivity index (χ0) is 21.6. The fourth-order valence-electron chi connectivity index (χ4n) is 3.94. The number of piperazine rings is 1. The van der Waals surface area contributed by atoms with E-state index in [1.807, 2.05) is 17.0 Å². The Bertz CT molecular complexity index is 967. The first kappa shape index (κ1) is 21.7. The first-order valence-electron chi connectivity index (χ1n) is 10.3. The van der Waals surface area contributed by atoms with Gasteiger partial charge in [-0.15, -0.1) is 0 Å². The highest BCUT2D eigenvalue weighted by molar-refractivity contribution is 6.35. The van der Waals surface area contributed by atoms with Gasteiger partial charge in [-0.1, -0.05) is 83.9 Å². The number of rotatable bonds is 6. The van der Waals surface area contributed by atoms with Crippen LogP contribution in [0.1, 0.15) is 17.2 Å². The molecular formula is C25H24Cl2N2O2. The zero-order valence-corrected chi connectivity index (χ0v) is 18.6. The molecule has 0 aliphatic carbocycles. The van der Waals surface area contributed by atoms with E-state index in [-0.39, 0.29) is 18.6 Å². The molecule has 0 unspecified atom stereocenters. The van der Waals surface area contributed by atoms with Gasteiger partial charge < -0.3 is 9.64 Å². The minimum absolute atomic E-state index is 0.0395. The molecule has 31 heavy (non-hydrogen) atoms. The first-order valence-corrected chi connectivity index (χ1v) is 11.1. The quantitative estimate of drug-likeness (QED) is 0.506. The van der Waals surface area contributed by atoms with Gasteiger partial charge in [-0.3, -0.25) is 9.69 Å². The molecule has 0 aromatic heterocycles. The molecule has 0 atom stereocenters. The fourth-order valence-corrected chi connectivity index (χ4v) is 4.40. The van der Waals surface area contributed by atoms with E-state index in [1.165, 1.54) is 11.1 Å². The predicted molar refractivity (Wildman–Crippen MR) is 125 cm³/mol. The molecule has 3 aromatic carbocycles. The molecule has 6 heteroatoms. The van der Waals surface area contributed by atoms with Crippen LogP contribution in [0.3, 0.4) is 0 Å². The van der Waals surface area contributed by atoms with Crippen molar-refractivity contribution < 1.29 is 9.53 Å². The predicted octanol–water partition coefficient (Wildman–Crippen LogP) is 5.31. The van der Waals surface area contributed by atoms with Crippen molar-refractivity contribution in [3.63, 3.8) is 0 Å². The molecule has 4 nitrogen and oxygen atoms in total. The van der Waals surface area contributed by atoms with Crippen molar-refractivity contribution in [1.82, 2.24) is 9.80 Å². The van der Waals surface area contributed by atoms with E-state index in [2.05, 4.69) is 53.4 Å². The van der Waals surface area contributed by atoms with Gasteiger partial charge in [-0.25, -0.2) is 0 Å². The van der Waals surface area contributed by atoms with Crippen LogP contribution in [0.15, 0.2) is 78.9 Å². The molecule has 1 fully saturated rings. The number of carbonyl (C=O) groups excluding carboxylic acids is 1. The lowest BCUT2D eigenvalue weighted by Gasteiger charge is -2.39. The van der Waals surface area contributed by atoms with Crippen molar-refractivity contribution in [2.45, 2.75) is 6.04 Å². The molecular weight excluding hydrogens is 431 g/mol. The van der Waals surface area contributed by atoms with Crippen LogP contribution >= 0.6 is 23.2 Å². The van der Waals surface area contributed by atoms with Gasteiger partial charge in [0.1, 0.15) is 5.75 Å². The van der Waals surface area contributed by atoms with Gasteiger partial charge in [-0.05, 0) is 29.3 Å². The molecule has 1 aliphatic heterocycles. The van der Waals surface area contributed by atoms with Crippen LogP contribution in [0.4, 0.5) is 0 Å². The molecule has 0 radical (unpaired) electrons. The first-order chi connectivity index (χ1) is 15.1. The molecule has 1 amide bonds. The van der Waals surface area contributed by atoms with Crippen LogP contribution in [0.25, 0.3) is 0 Å². The summed E-state index contributed by atoms with van der Waals surface area (Å²) in [4.78, 5) is 17.0. The highest BCUT2D eigenvalue weighted by Gasteiger charge is 2.28. The summed E-state index contributed by atoms with van der Waals surface area (Å²) in [6.45, 7) is 2.87. The van der Waals surface area contributed by atoms with Crippen molar-refractivity contribution in [3.8, 4) is 5.75 Å². The topological polar surface area (TPSA) is 32.8 Å². The van der Waals surface area contributed by atoms with E-state index in [4.69, 9.17) is 27.9 Å². The van der Waals surface area contributed by atoms with Crippen LogP contribution in [-0.4, -0.2) is 48.5 Å². The Morgan fingerprint density at radius 3 is 1.97 bits per heavy atom. The van der Waals surface area contributed by atoms with E-state index >= 15 is 0 Å². The minimum Gasteiger partial charge on any atom is -0.482 e. The summed E-state index contributed by atoms with van der Waals surface area (Å²) in [7, 11) is 0. The third-order valence-electron chi connectivity index (χ3n) is 5.51. The molecule has 4 rings (SSSR count). The standard InChI is InChI=1S/C25H24Cl2N2O2/c26-21-11-12-23(22(27)17-21)31-18-24(30)28-13-15-29(16-14-28)25(19-7-3-1-4-8-19)20-9-5-2-6-10-20/h1-12,17,25H,13-16,18H2. The molecule has 160 valence electrons. The third kappa shape index (κ3) is 5.40. The molecule has 1 saturated heterocycles. The summed E-state index contributed by atoms with van der Waals surface area (Å²) in [6.07, 6.45) is 0. The van der Waals surface area contributed by atoms with Crippen LogP contribution in [-0.2, 0) is 4.79 Å². The van der Waals surface area contributed by atoms with E-state index in [1.54, 1.807) is 18.2 Å². The van der Waals surface area contributed by atoms with Gasteiger partial charge in [0.2, 0.25) is 0 Å². The molecule has 1 aliphatic rings. The molecule has 0 bridgehead atoms. The monoisotopic (exact) mass is 454 g/mol. The maximum Gasteiger partial charge on any atom is 0.260 e. The average molecular weight is 455 g/mol. The van der Waals surface area contributed by atoms with Crippen molar-refractivity contribution in [1.29, 1.82) is 0 Å². The SMILES string of the molecule is O=C(COc1ccc(Cl)cc1Cl)N1CCN(C(c2ccccc2)c2ccccc2)CC1. The normalized spacial score (nSPS) is 14.6. The second-order valence-electron chi connectivity index (χ2n) is 7.50. The Morgan fingerprint density at radius 1 is 0.839 bits per heavy atom. The number of halogens is 2. The van der Waals surface area contributed by atoms with Gasteiger partial charge in [0.05, 0.1) is 11.1 Å². The molecule has 1 heterocycles. The van der Waals surface area contributed by atoms with Crippen LogP contribution < -0.4 is 4.74 Å². The smallest absolute Gasteiger partial charge is 0.260 e. The van der Waals surface area contributed by atoms with Gasteiger partial charge in [0.25, 0.3) is 5.91 Å². The summed E-state index contributed by atoms with van der Waals surface area (Å²) in [6, 6.07) is 26.2. The third-order valence-corrected chi connectivity index (χ3v) is 6.04. The maximum absolute atomic E-state index is 12.7. The summed E-state index contributed by atoms with van der Waals surface area (Å²) in [5.41, 5.74) is 2.52. The summed E-state index contributed by atoms with van der Waals surface area (Å²) in [5.74, 6) is 0.424. The Hall–Kier alpha value is -2.53. The van der Waals surface area contributed by atoms with Crippen molar-refractivity contribution in [3.05, 3.63) is 100 Å². The molecule has 3 aromatic rings. The molecule has 0 N–H and O–H groups in total. The van der Waals surface area contributed by atoms with E-state index in [9.17, 15) is 4.79 Å². The van der Waals surface area contributed by atoms with Gasteiger partial charge in [0.15, 0.2) is 6.61 Å².